The van der Waals surface area contributed by atoms with Crippen molar-refractivity contribution in [1.29, 1.82) is 0 Å². The summed E-state index contributed by atoms with van der Waals surface area (Å²) in [5.41, 5.74) is -1.84. The van der Waals surface area contributed by atoms with Crippen LogP contribution >= 0.6 is 18.2 Å². The van der Waals surface area contributed by atoms with Crippen LogP contribution in [-0.2, 0) is 4.57 Å². The van der Waals surface area contributed by atoms with Crippen LogP contribution in [0.1, 0.15) is 30.3 Å². The van der Waals surface area contributed by atoms with Crippen LogP contribution < -0.4 is 9.05 Å². The van der Waals surface area contributed by atoms with Crippen molar-refractivity contribution < 1.29 is 32.8 Å². The fraction of sp³-hybridized carbons (Fsp3) is 0.143. The zero-order valence-electron chi connectivity index (χ0n) is 23.0. The van der Waals surface area contributed by atoms with Crippen LogP contribution in [0.15, 0.2) is 48.3 Å². The quantitative estimate of drug-likeness (QED) is 0.736. The van der Waals surface area contributed by atoms with Gasteiger partial charge in [-0.15, -0.1) is 0 Å². The normalized spacial score (nSPS) is 23.0. The number of rotatable bonds is 4. The van der Waals surface area contributed by atoms with E-state index >= 15 is 0 Å². The first-order chi connectivity index (χ1) is 14.7. The summed E-state index contributed by atoms with van der Waals surface area (Å²) in [6.45, 7) is -11.1. The van der Waals surface area contributed by atoms with E-state index in [1.807, 2.05) is 0 Å². The maximum Gasteiger partial charge on any atom is 0.530 e. The molecule has 0 atom stereocenters. The van der Waals surface area contributed by atoms with Gasteiger partial charge in [-0.25, -0.2) is 4.57 Å². The number of hydrogen-bond acceptors (Lipinski definition) is 3. The number of benzene rings is 2. The highest BCUT2D eigenvalue weighted by Gasteiger charge is 2.24. The topological polar surface area (TPSA) is 35.5 Å². The first-order valence-electron chi connectivity index (χ1n) is 11.6. The molecule has 5 heteroatoms. The van der Waals surface area contributed by atoms with Crippen molar-refractivity contribution in [3.05, 3.63) is 59.5 Å². The van der Waals surface area contributed by atoms with Crippen molar-refractivity contribution in [1.82, 2.24) is 0 Å². The third kappa shape index (κ3) is 4.30. The van der Waals surface area contributed by atoms with Crippen molar-refractivity contribution >= 4 is 18.2 Å². The van der Waals surface area contributed by atoms with Gasteiger partial charge >= 0.3 is 6.95 Å². The molecule has 0 aliphatic rings. The molecule has 0 aromatic heterocycles. The minimum absolute atomic E-state index is 0.921. The smallest absolute Gasteiger partial charge is 0.405 e. The average molecular weight is 311 g/mol. The first kappa shape index (κ1) is 4.54. The zero-order chi connectivity index (χ0) is 25.8. The highest BCUT2D eigenvalue weighted by Crippen LogP contribution is 2.53. The monoisotopic (exact) mass is 310 g/mol. The predicted molar refractivity (Wildman–Crippen MR) is 77.1 cm³/mol. The Morgan fingerprint density at radius 1 is 0.947 bits per heavy atom. The van der Waals surface area contributed by atoms with Crippen LogP contribution in [0.3, 0.4) is 0 Å². The molecule has 3 nitrogen and oxygen atoms in total. The molecule has 0 fully saturated rings. The molecule has 0 amide bonds. The highest BCUT2D eigenvalue weighted by molar-refractivity contribution is 7.82. The summed E-state index contributed by atoms with van der Waals surface area (Å²) in [6.07, 6.45) is 0. The third-order valence-electron chi connectivity index (χ3n) is 1.60. The second-order valence-corrected chi connectivity index (χ2v) is 5.49. The summed E-state index contributed by atoms with van der Waals surface area (Å²) in [6, 6.07) is -8.29. The molecule has 19 heavy (non-hydrogen) atoms. The summed E-state index contributed by atoms with van der Waals surface area (Å²) in [4.78, 5) is 0. The molecule has 0 aliphatic carbocycles. The average Bonchev–Trinajstić information content (AvgIpc) is 2.63. The second kappa shape index (κ2) is 5.68. The van der Waals surface area contributed by atoms with Gasteiger partial charge in [-0.3, -0.25) is 0 Å². The Hall–Kier alpha value is -1.44. The van der Waals surface area contributed by atoms with E-state index in [0.29, 0.717) is 0 Å². The van der Waals surface area contributed by atoms with E-state index in [-0.39, 0.29) is 0 Å². The second-order valence-electron chi connectivity index (χ2n) is 3.02. The van der Waals surface area contributed by atoms with Gasteiger partial charge in [0.05, 0.1) is 11.0 Å². The number of halogens is 1. The van der Waals surface area contributed by atoms with Crippen LogP contribution in [0.5, 0.6) is 11.5 Å². The van der Waals surface area contributed by atoms with Crippen molar-refractivity contribution in [3.63, 3.8) is 0 Å². The summed E-state index contributed by atoms with van der Waals surface area (Å²) in [5, 5.41) is 0. The van der Waals surface area contributed by atoms with E-state index < -0.39 is 91.6 Å². The van der Waals surface area contributed by atoms with Gasteiger partial charge in [-0.2, -0.15) is 0 Å². The van der Waals surface area contributed by atoms with Crippen molar-refractivity contribution in [2.24, 2.45) is 0 Å². The molecule has 0 aliphatic heterocycles. The van der Waals surface area contributed by atoms with E-state index in [9.17, 15) is 4.57 Å². The minimum atomic E-state index is -5.06. The van der Waals surface area contributed by atoms with E-state index in [2.05, 4.69) is 0 Å². The molecule has 0 unspecified atom stereocenters. The van der Waals surface area contributed by atoms with Gasteiger partial charge in [-0.1, -0.05) is 35.3 Å². The summed E-state index contributed by atoms with van der Waals surface area (Å²) in [7, 11) is 0. The molecule has 0 N–H and O–H groups in total. The van der Waals surface area contributed by atoms with Gasteiger partial charge in [0.25, 0.3) is 0 Å². The molecule has 0 saturated heterocycles. The molecule has 100 valence electrons. The van der Waals surface area contributed by atoms with Crippen LogP contribution in [0.4, 0.5) is 0 Å². The van der Waals surface area contributed by atoms with Crippen LogP contribution in [-0.4, -0.2) is 0 Å². The summed E-state index contributed by atoms with van der Waals surface area (Å²) in [5.74, 6) is -2.10. The molecule has 0 heterocycles. The molecule has 0 bridgehead atoms. The molecule has 2 aromatic rings. The lowest BCUT2D eigenvalue weighted by Crippen LogP contribution is -1.95. The van der Waals surface area contributed by atoms with Crippen LogP contribution in [0.2, 0.25) is 0 Å². The lowest BCUT2D eigenvalue weighted by atomic mass is 10.2. The van der Waals surface area contributed by atoms with Crippen molar-refractivity contribution in [3.8, 4) is 11.5 Å². The Bertz CT molecular complexity index is 1030. The van der Waals surface area contributed by atoms with E-state index in [0.717, 1.165) is 0 Å². The van der Waals surface area contributed by atoms with Gasteiger partial charge in [0.15, 0.2) is 0 Å². The SMILES string of the molecule is [2H]c1c([2H])c(C([2H])([2H])[2H])c([2H])c([2H])c1OP(=O)(Cl)Oc1c([2H])c([2H])c(C([2H])([2H])[2H])c([2H])c1[2H]. The maximum atomic E-state index is 12.7. The lowest BCUT2D eigenvalue weighted by Gasteiger charge is -2.13. The largest absolute Gasteiger partial charge is 0.530 e. The Kier molecular flexibility index (Phi) is 1.36. The standard InChI is InChI=1S/C14H14ClO3P/c1-11-3-7-13(8-4-11)17-19(15,16)18-14-9-5-12(2)6-10-14/h3-10H,1-2H3/i1D3,2D3,3D,4D,5D,6D,7D,8D,9D,10D. The minimum Gasteiger partial charge on any atom is -0.405 e. The van der Waals surface area contributed by atoms with Crippen molar-refractivity contribution in [2.75, 3.05) is 0 Å². The Balaban J connectivity index is 2.59. The third-order valence-corrected chi connectivity index (χ3v) is 2.82. The van der Waals surface area contributed by atoms with Crippen LogP contribution in [0.25, 0.3) is 0 Å². The predicted octanol–water partition coefficient (Wildman–Crippen LogP) is 5.11. The number of hydrogen-bond donors (Lipinski definition) is 0. The Morgan fingerprint density at radius 3 is 1.63 bits per heavy atom. The fourth-order valence-corrected chi connectivity index (χ4v) is 2.00. The first-order valence-corrected chi connectivity index (χ1v) is 7.07. The van der Waals surface area contributed by atoms with E-state index in [4.69, 9.17) is 39.5 Å². The van der Waals surface area contributed by atoms with Crippen molar-refractivity contribution in [2.45, 2.75) is 13.7 Å². The zero-order valence-corrected chi connectivity index (χ0v) is 10.7. The lowest BCUT2D eigenvalue weighted by molar-refractivity contribution is 0.406. The Labute approximate surface area is 137 Å². The van der Waals surface area contributed by atoms with Gasteiger partial charge < -0.3 is 9.05 Å². The van der Waals surface area contributed by atoms with E-state index in [1.54, 1.807) is 0 Å². The van der Waals surface area contributed by atoms with E-state index in [1.165, 1.54) is 0 Å². The molecular weight excluding hydrogens is 283 g/mol. The van der Waals surface area contributed by atoms with Crippen LogP contribution in [0, 0.1) is 13.7 Å². The Morgan fingerprint density at radius 2 is 1.32 bits per heavy atom. The molecule has 0 saturated carbocycles. The van der Waals surface area contributed by atoms with Gasteiger partial charge in [0, 0.05) is 19.5 Å². The van der Waals surface area contributed by atoms with Gasteiger partial charge in [0.1, 0.15) is 11.5 Å². The molecular formula is C14H14ClO3P. The molecule has 2 rings (SSSR count). The summed E-state index contributed by atoms with van der Waals surface area (Å²) < 4.78 is 129. The van der Waals surface area contributed by atoms with Gasteiger partial charge in [0.2, 0.25) is 0 Å². The molecule has 0 spiro atoms. The fourth-order valence-electron chi connectivity index (χ4n) is 0.930. The van der Waals surface area contributed by atoms with Gasteiger partial charge in [-0.05, 0) is 37.9 Å². The maximum absolute atomic E-state index is 12.7. The summed E-state index contributed by atoms with van der Waals surface area (Å²) >= 11 is 5.67. The molecule has 2 aromatic carbocycles. The highest BCUT2D eigenvalue weighted by atomic mass is 35.7. The molecule has 0 radical (unpaired) electrons.